The standard InChI is InChI=1S/C28H39N3O4/c1-7-30(20(2)3)18-16-29-26(32)25-24-14-13-23(34-22-11-9-8-10-12-22)19-21(24)15-17-31(25)27(33)35-28(4,5)6/h8-14,19-20,25H,7,15-18H2,1-6H3,(H,29,32). The second kappa shape index (κ2) is 11.6. The van der Waals surface area contributed by atoms with Crippen molar-refractivity contribution in [2.24, 2.45) is 0 Å². The van der Waals surface area contributed by atoms with Gasteiger partial charge in [0.15, 0.2) is 0 Å². The van der Waals surface area contributed by atoms with E-state index in [-0.39, 0.29) is 5.91 Å². The van der Waals surface area contributed by atoms with Gasteiger partial charge in [-0.05, 0) is 83.0 Å². The zero-order chi connectivity index (χ0) is 25.6. The number of hydrogen-bond donors (Lipinski definition) is 1. The number of hydrogen-bond acceptors (Lipinski definition) is 5. The molecule has 190 valence electrons. The fourth-order valence-corrected chi connectivity index (χ4v) is 4.29. The number of likely N-dealkylation sites (N-methyl/N-ethyl adjacent to an activating group) is 1. The summed E-state index contributed by atoms with van der Waals surface area (Å²) in [6.07, 6.45) is 0.131. The lowest BCUT2D eigenvalue weighted by molar-refractivity contribution is -0.127. The topological polar surface area (TPSA) is 71.1 Å². The van der Waals surface area contributed by atoms with Gasteiger partial charge in [-0.15, -0.1) is 0 Å². The van der Waals surface area contributed by atoms with E-state index in [9.17, 15) is 9.59 Å². The number of carbonyl (C=O) groups is 2. The summed E-state index contributed by atoms with van der Waals surface area (Å²) in [7, 11) is 0. The summed E-state index contributed by atoms with van der Waals surface area (Å²) in [6.45, 7) is 14.4. The second-order valence-corrected chi connectivity index (χ2v) is 10.1. The van der Waals surface area contributed by atoms with Crippen LogP contribution in [0.15, 0.2) is 48.5 Å². The molecule has 1 atom stereocenters. The lowest BCUT2D eigenvalue weighted by Crippen LogP contribution is -2.49. The van der Waals surface area contributed by atoms with E-state index in [4.69, 9.17) is 9.47 Å². The van der Waals surface area contributed by atoms with Crippen molar-refractivity contribution in [3.63, 3.8) is 0 Å². The summed E-state index contributed by atoms with van der Waals surface area (Å²) in [5, 5.41) is 3.05. The van der Waals surface area contributed by atoms with Gasteiger partial charge in [-0.1, -0.05) is 31.2 Å². The maximum atomic E-state index is 13.4. The number of fused-ring (bicyclic) bond motifs is 1. The SMILES string of the molecule is CCN(CCNC(=O)C1c2ccc(Oc3ccccc3)cc2CCN1C(=O)OC(C)(C)C)C(C)C. The van der Waals surface area contributed by atoms with E-state index >= 15 is 0 Å². The summed E-state index contributed by atoms with van der Waals surface area (Å²) in [5.41, 5.74) is 1.15. The molecule has 1 aliphatic rings. The van der Waals surface area contributed by atoms with Gasteiger partial charge in [-0.25, -0.2) is 4.79 Å². The number of amides is 2. The third kappa shape index (κ3) is 7.21. The number of nitrogens with zero attached hydrogens (tertiary/aromatic N) is 2. The summed E-state index contributed by atoms with van der Waals surface area (Å²) in [5.74, 6) is 1.25. The van der Waals surface area contributed by atoms with Crippen molar-refractivity contribution in [2.75, 3.05) is 26.2 Å². The van der Waals surface area contributed by atoms with Gasteiger partial charge in [0.1, 0.15) is 23.1 Å². The van der Waals surface area contributed by atoms with Crippen molar-refractivity contribution in [3.8, 4) is 11.5 Å². The van der Waals surface area contributed by atoms with Gasteiger partial charge in [0, 0.05) is 25.7 Å². The number of nitrogens with one attached hydrogen (secondary N) is 1. The molecular formula is C28H39N3O4. The number of para-hydroxylation sites is 1. The predicted octanol–water partition coefficient (Wildman–Crippen LogP) is 5.16. The van der Waals surface area contributed by atoms with Gasteiger partial charge in [0.25, 0.3) is 0 Å². The zero-order valence-electron chi connectivity index (χ0n) is 21.8. The fraction of sp³-hybridized carbons (Fsp3) is 0.500. The average molecular weight is 482 g/mol. The van der Waals surface area contributed by atoms with Gasteiger partial charge in [0.2, 0.25) is 5.91 Å². The van der Waals surface area contributed by atoms with Crippen molar-refractivity contribution in [2.45, 2.75) is 65.6 Å². The van der Waals surface area contributed by atoms with Gasteiger partial charge in [0.05, 0.1) is 0 Å². The van der Waals surface area contributed by atoms with Crippen molar-refractivity contribution in [1.29, 1.82) is 0 Å². The number of rotatable bonds is 8. The molecule has 1 heterocycles. The normalized spacial score (nSPS) is 15.7. The van der Waals surface area contributed by atoms with Crippen LogP contribution in [0, 0.1) is 0 Å². The van der Waals surface area contributed by atoms with Crippen LogP contribution in [-0.4, -0.2) is 59.6 Å². The quantitative estimate of drug-likeness (QED) is 0.564. The highest BCUT2D eigenvalue weighted by Gasteiger charge is 2.38. The van der Waals surface area contributed by atoms with Crippen LogP contribution in [0.3, 0.4) is 0 Å². The highest BCUT2D eigenvalue weighted by Crippen LogP contribution is 2.34. The van der Waals surface area contributed by atoms with Crippen LogP contribution >= 0.6 is 0 Å². The van der Waals surface area contributed by atoms with E-state index < -0.39 is 17.7 Å². The van der Waals surface area contributed by atoms with E-state index in [0.29, 0.717) is 31.3 Å². The van der Waals surface area contributed by atoms with Crippen LogP contribution in [0.25, 0.3) is 0 Å². The van der Waals surface area contributed by atoms with Crippen molar-refractivity contribution >= 4 is 12.0 Å². The Kier molecular flexibility index (Phi) is 8.78. The summed E-state index contributed by atoms with van der Waals surface area (Å²) in [6, 6.07) is 14.9. The lowest BCUT2D eigenvalue weighted by atomic mass is 9.92. The molecule has 0 aliphatic carbocycles. The molecule has 0 bridgehead atoms. The van der Waals surface area contributed by atoms with E-state index in [2.05, 4.69) is 31.0 Å². The van der Waals surface area contributed by atoms with Crippen LogP contribution in [-0.2, 0) is 16.0 Å². The van der Waals surface area contributed by atoms with Crippen LogP contribution < -0.4 is 10.1 Å². The Labute approximate surface area is 209 Å². The first-order valence-electron chi connectivity index (χ1n) is 12.5. The van der Waals surface area contributed by atoms with Crippen LogP contribution in [0.4, 0.5) is 4.79 Å². The number of benzene rings is 2. The van der Waals surface area contributed by atoms with Crippen LogP contribution in [0.5, 0.6) is 11.5 Å². The highest BCUT2D eigenvalue weighted by molar-refractivity contribution is 5.88. The average Bonchev–Trinajstić information content (AvgIpc) is 2.80. The Morgan fingerprint density at radius 3 is 2.46 bits per heavy atom. The first kappa shape index (κ1) is 26.5. The minimum atomic E-state index is -0.756. The molecule has 35 heavy (non-hydrogen) atoms. The van der Waals surface area contributed by atoms with E-state index in [1.165, 1.54) is 0 Å². The Morgan fingerprint density at radius 1 is 1.11 bits per heavy atom. The molecule has 0 radical (unpaired) electrons. The van der Waals surface area contributed by atoms with Crippen molar-refractivity contribution < 1.29 is 19.1 Å². The molecule has 3 rings (SSSR count). The third-order valence-electron chi connectivity index (χ3n) is 6.03. The van der Waals surface area contributed by atoms with E-state index in [1.807, 2.05) is 69.3 Å². The minimum Gasteiger partial charge on any atom is -0.457 e. The number of carbonyl (C=O) groups excluding carboxylic acids is 2. The molecule has 1 unspecified atom stereocenters. The molecule has 2 amide bonds. The molecule has 7 heteroatoms. The molecule has 0 saturated heterocycles. The maximum absolute atomic E-state index is 13.4. The summed E-state index contributed by atoms with van der Waals surface area (Å²) < 4.78 is 11.6. The minimum absolute atomic E-state index is 0.201. The van der Waals surface area contributed by atoms with Gasteiger partial charge < -0.3 is 14.8 Å². The zero-order valence-corrected chi connectivity index (χ0v) is 21.8. The molecule has 1 aliphatic heterocycles. The Bertz CT molecular complexity index is 1000. The third-order valence-corrected chi connectivity index (χ3v) is 6.03. The van der Waals surface area contributed by atoms with Crippen molar-refractivity contribution in [1.82, 2.24) is 15.1 Å². The fourth-order valence-electron chi connectivity index (χ4n) is 4.29. The molecule has 2 aromatic rings. The number of ether oxygens (including phenoxy) is 2. The molecule has 0 spiro atoms. The molecule has 0 aromatic heterocycles. The molecule has 0 fully saturated rings. The second-order valence-electron chi connectivity index (χ2n) is 10.1. The van der Waals surface area contributed by atoms with Gasteiger partial charge in [-0.3, -0.25) is 14.6 Å². The molecular weight excluding hydrogens is 442 g/mol. The first-order valence-corrected chi connectivity index (χ1v) is 12.5. The smallest absolute Gasteiger partial charge is 0.411 e. The molecule has 0 saturated carbocycles. The van der Waals surface area contributed by atoms with Gasteiger partial charge in [-0.2, -0.15) is 0 Å². The highest BCUT2D eigenvalue weighted by atomic mass is 16.6. The predicted molar refractivity (Wildman–Crippen MR) is 138 cm³/mol. The molecule has 2 aromatic carbocycles. The lowest BCUT2D eigenvalue weighted by Gasteiger charge is -2.37. The van der Waals surface area contributed by atoms with Crippen LogP contribution in [0.2, 0.25) is 0 Å². The summed E-state index contributed by atoms with van der Waals surface area (Å²) in [4.78, 5) is 30.3. The van der Waals surface area contributed by atoms with Crippen LogP contribution in [0.1, 0.15) is 58.7 Å². The van der Waals surface area contributed by atoms with E-state index in [1.54, 1.807) is 4.90 Å². The molecule has 1 N–H and O–H groups in total. The van der Waals surface area contributed by atoms with Crippen molar-refractivity contribution in [3.05, 3.63) is 59.7 Å². The monoisotopic (exact) mass is 481 g/mol. The maximum Gasteiger partial charge on any atom is 0.411 e. The Balaban J connectivity index is 1.83. The molecule has 7 nitrogen and oxygen atoms in total. The first-order chi connectivity index (χ1) is 16.6. The summed E-state index contributed by atoms with van der Waals surface area (Å²) >= 11 is 0. The largest absolute Gasteiger partial charge is 0.457 e. The Hall–Kier alpha value is -3.06. The van der Waals surface area contributed by atoms with E-state index in [0.717, 1.165) is 30.0 Å². The Morgan fingerprint density at radius 2 is 1.83 bits per heavy atom. The van der Waals surface area contributed by atoms with Gasteiger partial charge >= 0.3 is 6.09 Å².